The largest absolute Gasteiger partial charge is 0.480 e. The second-order valence-corrected chi connectivity index (χ2v) is 6.13. The summed E-state index contributed by atoms with van der Waals surface area (Å²) in [6, 6.07) is 8.72. The van der Waals surface area contributed by atoms with E-state index in [1.807, 2.05) is 0 Å². The molecule has 3 rings (SSSR count). The number of hydrogen-bond acceptors (Lipinski definition) is 5. The highest BCUT2D eigenvalue weighted by atomic mass is 32.1. The second-order valence-electron chi connectivity index (χ2n) is 5.13. The van der Waals surface area contributed by atoms with Crippen molar-refractivity contribution in [1.82, 2.24) is 9.55 Å². The van der Waals surface area contributed by atoms with Crippen molar-refractivity contribution in [3.8, 4) is 11.4 Å². The van der Waals surface area contributed by atoms with Crippen molar-refractivity contribution in [3.63, 3.8) is 0 Å². The van der Waals surface area contributed by atoms with Gasteiger partial charge in [0.2, 0.25) is 0 Å². The highest BCUT2D eigenvalue weighted by Gasteiger charge is 2.22. The van der Waals surface area contributed by atoms with Gasteiger partial charge in [-0.15, -0.1) is 11.3 Å². The summed E-state index contributed by atoms with van der Waals surface area (Å²) < 4.78 is 1.06. The number of hydrogen-bond donors (Lipinski definition) is 2. The Bertz CT molecular complexity index is 1020. The van der Waals surface area contributed by atoms with Crippen molar-refractivity contribution in [2.45, 2.75) is 13.5 Å². The van der Waals surface area contributed by atoms with Gasteiger partial charge in [0.15, 0.2) is 0 Å². The Morgan fingerprint density at radius 3 is 2.46 bits per heavy atom. The minimum atomic E-state index is -1.18. The fourth-order valence-electron chi connectivity index (χ4n) is 2.51. The van der Waals surface area contributed by atoms with Gasteiger partial charge in [-0.1, -0.05) is 30.3 Å². The van der Waals surface area contributed by atoms with Gasteiger partial charge in [-0.2, -0.15) is 0 Å². The van der Waals surface area contributed by atoms with Gasteiger partial charge in [-0.3, -0.25) is 14.2 Å². The van der Waals surface area contributed by atoms with Gasteiger partial charge < -0.3 is 10.2 Å². The predicted molar refractivity (Wildman–Crippen MR) is 88.6 cm³/mol. The Morgan fingerprint density at radius 2 is 1.88 bits per heavy atom. The van der Waals surface area contributed by atoms with Gasteiger partial charge in [-0.05, 0) is 12.5 Å². The van der Waals surface area contributed by atoms with Crippen molar-refractivity contribution >= 4 is 33.5 Å². The van der Waals surface area contributed by atoms with Gasteiger partial charge in [0.1, 0.15) is 22.1 Å². The zero-order chi connectivity index (χ0) is 17.4. The number of thiophene rings is 1. The molecule has 0 aliphatic rings. The average molecular weight is 344 g/mol. The molecular formula is C16H12N2O5S. The third-order valence-corrected chi connectivity index (χ3v) is 4.74. The summed E-state index contributed by atoms with van der Waals surface area (Å²) in [6.07, 6.45) is 0. The summed E-state index contributed by atoms with van der Waals surface area (Å²) in [7, 11) is 0. The molecule has 2 heterocycles. The Kier molecular flexibility index (Phi) is 3.90. The van der Waals surface area contributed by atoms with Crippen LogP contribution in [0.5, 0.6) is 0 Å². The highest BCUT2D eigenvalue weighted by Crippen LogP contribution is 2.29. The lowest BCUT2D eigenvalue weighted by Crippen LogP contribution is -2.27. The first kappa shape index (κ1) is 15.9. The van der Waals surface area contributed by atoms with Crippen molar-refractivity contribution < 1.29 is 19.8 Å². The molecule has 122 valence electrons. The normalized spacial score (nSPS) is 10.9. The molecule has 0 bridgehead atoms. The number of carboxylic acids is 2. The first-order valence-electron chi connectivity index (χ1n) is 6.94. The number of aromatic nitrogens is 2. The van der Waals surface area contributed by atoms with Crippen LogP contribution in [0, 0.1) is 6.92 Å². The van der Waals surface area contributed by atoms with Crippen LogP contribution >= 0.6 is 11.3 Å². The monoisotopic (exact) mass is 344 g/mol. The molecule has 0 fully saturated rings. The van der Waals surface area contributed by atoms with Crippen LogP contribution in [0.15, 0.2) is 35.1 Å². The zero-order valence-electron chi connectivity index (χ0n) is 12.5. The summed E-state index contributed by atoms with van der Waals surface area (Å²) in [5.74, 6) is -2.11. The number of fused-ring (bicyclic) bond motifs is 1. The fourth-order valence-corrected chi connectivity index (χ4v) is 3.52. The van der Waals surface area contributed by atoms with E-state index in [0.29, 0.717) is 11.1 Å². The van der Waals surface area contributed by atoms with Crippen molar-refractivity contribution in [2.75, 3.05) is 0 Å². The first-order chi connectivity index (χ1) is 11.4. The Hall–Kier alpha value is -3.00. The standard InChI is InChI=1S/C16H12N2O5S/c1-8-11-14(24-12(8)16(22)23)17-13(9-5-3-2-4-6-9)18(15(11)21)7-10(19)20/h2-6H,7H2,1H3,(H,19,20)(H,22,23). The Morgan fingerprint density at radius 1 is 1.21 bits per heavy atom. The maximum absolute atomic E-state index is 12.8. The quantitative estimate of drug-likeness (QED) is 0.751. The SMILES string of the molecule is Cc1c(C(=O)O)sc2nc(-c3ccccc3)n(CC(=O)O)c(=O)c12. The molecule has 0 saturated heterocycles. The van der Waals surface area contributed by atoms with Gasteiger partial charge in [-0.25, -0.2) is 9.78 Å². The summed E-state index contributed by atoms with van der Waals surface area (Å²) in [6.45, 7) is 0.975. The van der Waals surface area contributed by atoms with Crippen LogP contribution in [0.25, 0.3) is 21.6 Å². The third-order valence-electron chi connectivity index (χ3n) is 3.57. The number of nitrogens with zero attached hydrogens (tertiary/aromatic N) is 2. The number of rotatable bonds is 4. The van der Waals surface area contributed by atoms with E-state index in [4.69, 9.17) is 5.11 Å². The van der Waals surface area contributed by atoms with E-state index < -0.39 is 24.0 Å². The fraction of sp³-hybridized carbons (Fsp3) is 0.125. The predicted octanol–water partition coefficient (Wildman–Crippen LogP) is 2.22. The number of aromatic carboxylic acids is 1. The lowest BCUT2D eigenvalue weighted by molar-refractivity contribution is -0.137. The maximum atomic E-state index is 12.8. The van der Waals surface area contributed by atoms with Crippen LogP contribution in [0.2, 0.25) is 0 Å². The van der Waals surface area contributed by atoms with Crippen LogP contribution in [-0.4, -0.2) is 31.7 Å². The van der Waals surface area contributed by atoms with Crippen LogP contribution in [0.4, 0.5) is 0 Å². The van der Waals surface area contributed by atoms with E-state index in [2.05, 4.69) is 4.98 Å². The van der Waals surface area contributed by atoms with Crippen molar-refractivity contribution in [2.24, 2.45) is 0 Å². The van der Waals surface area contributed by atoms with Gasteiger partial charge in [0.25, 0.3) is 5.56 Å². The van der Waals surface area contributed by atoms with Crippen LogP contribution in [0.1, 0.15) is 15.2 Å². The molecule has 2 aromatic heterocycles. The molecule has 7 nitrogen and oxygen atoms in total. The Balaban J connectivity index is 2.40. The molecule has 0 unspecified atom stereocenters. The maximum Gasteiger partial charge on any atom is 0.346 e. The third kappa shape index (κ3) is 2.56. The molecule has 0 aliphatic carbocycles. The minimum Gasteiger partial charge on any atom is -0.480 e. The Labute approximate surface area is 139 Å². The molecule has 0 aliphatic heterocycles. The van der Waals surface area contributed by atoms with E-state index in [1.54, 1.807) is 30.3 Å². The molecule has 0 amide bonds. The number of aliphatic carboxylic acids is 1. The van der Waals surface area contributed by atoms with E-state index >= 15 is 0 Å². The van der Waals surface area contributed by atoms with Crippen LogP contribution in [-0.2, 0) is 11.3 Å². The molecule has 24 heavy (non-hydrogen) atoms. The molecule has 0 saturated carbocycles. The van der Waals surface area contributed by atoms with Crippen LogP contribution in [0.3, 0.4) is 0 Å². The molecule has 0 spiro atoms. The number of aryl methyl sites for hydroxylation is 1. The zero-order valence-corrected chi connectivity index (χ0v) is 13.3. The molecule has 0 radical (unpaired) electrons. The molecular weight excluding hydrogens is 332 g/mol. The van der Waals surface area contributed by atoms with E-state index in [-0.39, 0.29) is 20.9 Å². The molecule has 0 atom stereocenters. The van der Waals surface area contributed by atoms with Gasteiger partial charge >= 0.3 is 11.9 Å². The van der Waals surface area contributed by atoms with Gasteiger partial charge in [0.05, 0.1) is 5.39 Å². The smallest absolute Gasteiger partial charge is 0.346 e. The lowest BCUT2D eigenvalue weighted by Gasteiger charge is -2.10. The summed E-state index contributed by atoms with van der Waals surface area (Å²) >= 11 is 0.911. The summed E-state index contributed by atoms with van der Waals surface area (Å²) in [5, 5.41) is 18.5. The first-order valence-corrected chi connectivity index (χ1v) is 7.76. The second kappa shape index (κ2) is 5.89. The summed E-state index contributed by atoms with van der Waals surface area (Å²) in [5.41, 5.74) is 0.335. The number of carbonyl (C=O) groups is 2. The highest BCUT2D eigenvalue weighted by molar-refractivity contribution is 7.20. The molecule has 2 N–H and O–H groups in total. The molecule has 1 aromatic carbocycles. The van der Waals surface area contributed by atoms with Crippen LogP contribution < -0.4 is 5.56 Å². The topological polar surface area (TPSA) is 109 Å². The average Bonchev–Trinajstić information content (AvgIpc) is 2.87. The van der Waals surface area contributed by atoms with Crippen molar-refractivity contribution in [1.29, 1.82) is 0 Å². The van der Waals surface area contributed by atoms with E-state index in [1.165, 1.54) is 6.92 Å². The lowest BCUT2D eigenvalue weighted by atomic mass is 10.2. The van der Waals surface area contributed by atoms with E-state index in [9.17, 15) is 19.5 Å². The molecule has 3 aromatic rings. The van der Waals surface area contributed by atoms with Crippen molar-refractivity contribution in [3.05, 3.63) is 51.1 Å². The minimum absolute atomic E-state index is 0.0293. The number of benzene rings is 1. The van der Waals surface area contributed by atoms with E-state index in [0.717, 1.165) is 15.9 Å². The molecule has 8 heteroatoms. The summed E-state index contributed by atoms with van der Waals surface area (Å²) in [4.78, 5) is 39.9. The number of carboxylic acid groups (broad SMARTS) is 2. The van der Waals surface area contributed by atoms with Gasteiger partial charge in [0, 0.05) is 5.56 Å².